The van der Waals surface area contributed by atoms with Gasteiger partial charge >= 0.3 is 82.2 Å². The van der Waals surface area contributed by atoms with Gasteiger partial charge in [-0.3, -0.25) is 0 Å². The summed E-state index contributed by atoms with van der Waals surface area (Å²) in [5.74, 6) is 0. The molecule has 0 spiro atoms. The topological polar surface area (TPSA) is 0 Å². The van der Waals surface area contributed by atoms with Crippen LogP contribution < -0.4 is 0 Å². The number of hydrogen-bond donors (Lipinski definition) is 0. The van der Waals surface area contributed by atoms with E-state index in [-0.39, 0.29) is 37.2 Å². The van der Waals surface area contributed by atoms with Gasteiger partial charge in [-0.05, 0) is 0 Å². The van der Waals surface area contributed by atoms with E-state index in [0.717, 1.165) is 0 Å². The molecule has 0 amide bonds. The fourth-order valence-electron chi connectivity index (χ4n) is 1.74. The van der Waals surface area contributed by atoms with E-state index in [1.54, 1.807) is 14.6 Å². The summed E-state index contributed by atoms with van der Waals surface area (Å²) in [6, 6.07) is 0. The average Bonchev–Trinajstić information content (AvgIpc) is 2.08. The van der Waals surface area contributed by atoms with Crippen LogP contribution in [-0.4, -0.2) is 8.07 Å². The van der Waals surface area contributed by atoms with Crippen molar-refractivity contribution >= 4 is 45.3 Å². The van der Waals surface area contributed by atoms with Gasteiger partial charge in [-0.25, -0.2) is 0 Å². The molecule has 0 nitrogen and oxygen atoms in total. The zero-order valence-corrected chi connectivity index (χ0v) is 14.0. The van der Waals surface area contributed by atoms with Crippen LogP contribution in [0.4, 0.5) is 0 Å². The zero-order valence-electron chi connectivity index (χ0n) is 9.01. The molecule has 1 aliphatic carbocycles. The Morgan fingerprint density at radius 2 is 1.57 bits per heavy atom. The Hall–Kier alpha value is 1.28. The molecule has 0 saturated heterocycles. The van der Waals surface area contributed by atoms with Crippen LogP contribution in [0, 0.1) is 0 Å². The van der Waals surface area contributed by atoms with Crippen LogP contribution in [0.3, 0.4) is 0 Å². The number of allylic oxidation sites excluding steroid dienone is 4. The van der Waals surface area contributed by atoms with Gasteiger partial charge in [-0.15, -0.1) is 37.2 Å². The van der Waals surface area contributed by atoms with Crippen molar-refractivity contribution in [2.45, 2.75) is 33.0 Å². The number of rotatable bonds is 1. The molecule has 1 rings (SSSR count). The van der Waals surface area contributed by atoms with Crippen LogP contribution in [0.15, 0.2) is 20.7 Å². The maximum Gasteiger partial charge on any atom is -0.147 e. The van der Waals surface area contributed by atoms with Crippen LogP contribution in [0.25, 0.3) is 0 Å². The molecule has 0 radical (unpaired) electrons. The van der Waals surface area contributed by atoms with E-state index in [1.807, 2.05) is 0 Å². The van der Waals surface area contributed by atoms with Crippen LogP contribution in [0.5, 0.6) is 0 Å². The van der Waals surface area contributed by atoms with Crippen molar-refractivity contribution in [1.29, 1.82) is 0 Å². The maximum absolute atomic E-state index is 2.43. The standard InChI is InChI=1S/C9H15Si.3ClH.Ti/c1-8-6-5-7-9(8)10(2,3)4;;;;/h6H,5H2,1-4H3;3*1H;. The second-order valence-electron chi connectivity index (χ2n) is 4.19. The van der Waals surface area contributed by atoms with E-state index >= 15 is 0 Å². The first-order valence-electron chi connectivity index (χ1n) is 4.05. The molecule has 0 aromatic heterocycles. The molecule has 0 aromatic rings. The fourth-order valence-corrected chi connectivity index (χ4v) is 6.26. The largest absolute Gasteiger partial charge is 0.147 e. The average molecular weight is 309 g/mol. The Bertz CT molecular complexity index is 241. The van der Waals surface area contributed by atoms with Gasteiger partial charge in [0.1, 0.15) is 0 Å². The first-order chi connectivity index (χ1) is 4.93. The molecule has 0 atom stereocenters. The summed E-state index contributed by atoms with van der Waals surface area (Å²) in [4.78, 5) is 0. The summed E-state index contributed by atoms with van der Waals surface area (Å²) in [7, 11) is -1.04. The first kappa shape index (κ1) is 20.7. The SMILES string of the molecule is CC1=CC[C]([Ti])=C1[Si](C)(C)C.Cl.Cl.Cl. The second kappa shape index (κ2) is 7.54. The summed E-state index contributed by atoms with van der Waals surface area (Å²) in [6.45, 7) is 9.53. The molecule has 0 bridgehead atoms. The fraction of sp³-hybridized carbons (Fsp3) is 0.556. The van der Waals surface area contributed by atoms with Crippen molar-refractivity contribution in [3.63, 3.8) is 0 Å². The van der Waals surface area contributed by atoms with Crippen LogP contribution in [-0.2, 0) is 20.4 Å². The monoisotopic (exact) mass is 307 g/mol. The Kier molecular flexibility index (Phi) is 11.1. The first-order valence-corrected chi connectivity index (χ1v) is 8.33. The Morgan fingerprint density at radius 3 is 1.71 bits per heavy atom. The van der Waals surface area contributed by atoms with Crippen molar-refractivity contribution < 1.29 is 20.4 Å². The molecule has 0 heterocycles. The van der Waals surface area contributed by atoms with Gasteiger partial charge in [-0.1, -0.05) is 0 Å². The van der Waals surface area contributed by atoms with Crippen LogP contribution >= 0.6 is 37.2 Å². The molecule has 83 valence electrons. The molecule has 0 aromatic carbocycles. The van der Waals surface area contributed by atoms with Crippen LogP contribution in [0.1, 0.15) is 13.3 Å². The van der Waals surface area contributed by atoms with E-state index in [1.165, 1.54) is 6.42 Å². The Morgan fingerprint density at radius 1 is 1.14 bits per heavy atom. The van der Waals surface area contributed by atoms with Crippen LogP contribution in [0.2, 0.25) is 19.6 Å². The minimum atomic E-state index is -1.04. The minimum Gasteiger partial charge on any atom is -0.147 e. The molecule has 0 aliphatic heterocycles. The number of halogens is 3. The summed E-state index contributed by atoms with van der Waals surface area (Å²) in [5.41, 5.74) is 1.54. The maximum atomic E-state index is 2.43. The van der Waals surface area contributed by atoms with Gasteiger partial charge in [0.2, 0.25) is 0 Å². The van der Waals surface area contributed by atoms with E-state index in [0.29, 0.717) is 0 Å². The summed E-state index contributed by atoms with van der Waals surface area (Å²) < 4.78 is 1.61. The van der Waals surface area contributed by atoms with Crippen molar-refractivity contribution in [3.8, 4) is 0 Å². The zero-order chi connectivity index (χ0) is 8.65. The second-order valence-corrected chi connectivity index (χ2v) is 10.1. The smallest absolute Gasteiger partial charge is 0.147 e. The predicted molar refractivity (Wildman–Crippen MR) is 70.5 cm³/mol. The molecule has 5 heteroatoms. The summed E-state index contributed by atoms with van der Waals surface area (Å²) >= 11 is 2.28. The van der Waals surface area contributed by atoms with E-state index in [4.69, 9.17) is 0 Å². The Balaban J connectivity index is -0.000000403. The van der Waals surface area contributed by atoms with Crippen molar-refractivity contribution in [1.82, 2.24) is 0 Å². The van der Waals surface area contributed by atoms with E-state index in [9.17, 15) is 0 Å². The Labute approximate surface area is 119 Å². The molecule has 0 N–H and O–H groups in total. The van der Waals surface area contributed by atoms with Gasteiger partial charge in [0, 0.05) is 0 Å². The molecule has 0 saturated carbocycles. The third-order valence-corrected chi connectivity index (χ3v) is 5.35. The van der Waals surface area contributed by atoms with E-state index < -0.39 is 8.07 Å². The van der Waals surface area contributed by atoms with Crippen molar-refractivity contribution in [2.24, 2.45) is 0 Å². The molecule has 0 fully saturated rings. The van der Waals surface area contributed by atoms with Crippen molar-refractivity contribution in [3.05, 3.63) is 20.7 Å². The third kappa shape index (κ3) is 4.87. The molecule has 14 heavy (non-hydrogen) atoms. The van der Waals surface area contributed by atoms with Gasteiger partial charge < -0.3 is 0 Å². The molecule has 0 unspecified atom stereocenters. The predicted octanol–water partition coefficient (Wildman–Crippen LogP) is 4.28. The summed E-state index contributed by atoms with van der Waals surface area (Å²) in [6.07, 6.45) is 3.56. The minimum absolute atomic E-state index is 0. The molecular formula is C9H18Cl3SiTi. The van der Waals surface area contributed by atoms with Gasteiger partial charge in [0.15, 0.2) is 0 Å². The quantitative estimate of drug-likeness (QED) is 0.634. The molecular weight excluding hydrogens is 290 g/mol. The third-order valence-electron chi connectivity index (χ3n) is 2.06. The van der Waals surface area contributed by atoms with Gasteiger partial charge in [0.25, 0.3) is 0 Å². The van der Waals surface area contributed by atoms with Gasteiger partial charge in [0.05, 0.1) is 0 Å². The molecule has 1 aliphatic rings. The van der Waals surface area contributed by atoms with Crippen molar-refractivity contribution in [2.75, 3.05) is 0 Å². The van der Waals surface area contributed by atoms with Gasteiger partial charge in [-0.2, -0.15) is 0 Å². The normalized spacial score (nSPS) is 14.9. The summed E-state index contributed by atoms with van der Waals surface area (Å²) in [5, 5.41) is 1.71. The number of hydrogen-bond acceptors (Lipinski definition) is 0. The van der Waals surface area contributed by atoms with E-state index in [2.05, 4.69) is 53.1 Å².